The normalized spacial score (nSPS) is 10.8. The highest BCUT2D eigenvalue weighted by molar-refractivity contribution is 7.13. The predicted octanol–water partition coefficient (Wildman–Crippen LogP) is 3.03. The average molecular weight is 312 g/mol. The fourth-order valence-corrected chi connectivity index (χ4v) is 3.05. The lowest BCUT2D eigenvalue weighted by atomic mass is 10.1. The van der Waals surface area contributed by atoms with E-state index < -0.39 is 0 Å². The Hall–Kier alpha value is -2.24. The first kappa shape index (κ1) is 14.7. The van der Waals surface area contributed by atoms with Gasteiger partial charge in [-0.25, -0.2) is 4.98 Å². The first-order valence-electron chi connectivity index (χ1n) is 7.00. The molecule has 0 saturated heterocycles. The molecule has 0 bridgehead atoms. The van der Waals surface area contributed by atoms with E-state index in [1.165, 1.54) is 4.90 Å². The Balaban J connectivity index is 2.16. The predicted molar refractivity (Wildman–Crippen MR) is 89.1 cm³/mol. The van der Waals surface area contributed by atoms with E-state index in [0.717, 1.165) is 21.5 Å². The van der Waals surface area contributed by atoms with Crippen molar-refractivity contribution in [3.8, 4) is 10.6 Å². The van der Waals surface area contributed by atoms with E-state index in [9.17, 15) is 4.79 Å². The zero-order valence-electron chi connectivity index (χ0n) is 12.2. The monoisotopic (exact) mass is 312 g/mol. The van der Waals surface area contributed by atoms with E-state index in [2.05, 4.69) is 4.98 Å². The topological polar surface area (TPSA) is 53.4 Å². The number of hydrogen-bond acceptors (Lipinski definition) is 4. The van der Waals surface area contributed by atoms with Crippen molar-refractivity contribution in [2.75, 3.05) is 20.2 Å². The van der Waals surface area contributed by atoms with Crippen molar-refractivity contribution in [3.63, 3.8) is 0 Å². The van der Waals surface area contributed by atoms with Gasteiger partial charge < -0.3 is 10.0 Å². The molecule has 3 aromatic rings. The molecule has 1 amide bonds. The van der Waals surface area contributed by atoms with Gasteiger partial charge in [0.25, 0.3) is 5.91 Å². The molecule has 2 aromatic heterocycles. The first-order chi connectivity index (χ1) is 10.7. The van der Waals surface area contributed by atoms with Gasteiger partial charge in [-0.2, -0.15) is 0 Å². The SMILES string of the molecule is CN(CCO)C(=O)c1cc(-c2cccs2)nc2ccccc12. The van der Waals surface area contributed by atoms with Gasteiger partial charge in [-0.05, 0) is 23.6 Å². The lowest BCUT2D eigenvalue weighted by Gasteiger charge is -2.17. The minimum atomic E-state index is -0.106. The van der Waals surface area contributed by atoms with Crippen LogP contribution in [0.25, 0.3) is 21.5 Å². The minimum Gasteiger partial charge on any atom is -0.395 e. The van der Waals surface area contributed by atoms with E-state index in [1.807, 2.05) is 47.8 Å². The third kappa shape index (κ3) is 2.73. The van der Waals surface area contributed by atoms with Crippen LogP contribution in [0.5, 0.6) is 0 Å². The number of amides is 1. The van der Waals surface area contributed by atoms with Crippen molar-refractivity contribution in [3.05, 3.63) is 53.4 Å². The molecule has 0 fully saturated rings. The van der Waals surface area contributed by atoms with Crippen molar-refractivity contribution in [1.82, 2.24) is 9.88 Å². The molecule has 1 N–H and O–H groups in total. The molecule has 0 radical (unpaired) electrons. The van der Waals surface area contributed by atoms with Crippen LogP contribution in [0.3, 0.4) is 0 Å². The van der Waals surface area contributed by atoms with Gasteiger partial charge in [0, 0.05) is 19.0 Å². The minimum absolute atomic E-state index is 0.0525. The fourth-order valence-electron chi connectivity index (χ4n) is 2.36. The Morgan fingerprint density at radius 1 is 1.27 bits per heavy atom. The molecule has 0 saturated carbocycles. The van der Waals surface area contributed by atoms with Gasteiger partial charge in [-0.15, -0.1) is 11.3 Å². The molecule has 112 valence electrons. The smallest absolute Gasteiger partial charge is 0.254 e. The number of likely N-dealkylation sites (N-methyl/N-ethyl adjacent to an activating group) is 1. The van der Waals surface area contributed by atoms with Crippen LogP contribution in [-0.4, -0.2) is 41.1 Å². The number of thiophene rings is 1. The zero-order valence-corrected chi connectivity index (χ0v) is 13.0. The van der Waals surface area contributed by atoms with Crippen molar-refractivity contribution in [2.24, 2.45) is 0 Å². The molecule has 0 atom stereocenters. The van der Waals surface area contributed by atoms with E-state index in [4.69, 9.17) is 5.11 Å². The number of fused-ring (bicyclic) bond motifs is 1. The number of pyridine rings is 1. The second-order valence-corrected chi connectivity index (χ2v) is 5.95. The van der Waals surface area contributed by atoms with Crippen LogP contribution in [0.1, 0.15) is 10.4 Å². The number of carbonyl (C=O) groups excluding carboxylic acids is 1. The van der Waals surface area contributed by atoms with Crippen molar-refractivity contribution >= 4 is 28.1 Å². The van der Waals surface area contributed by atoms with Crippen LogP contribution < -0.4 is 0 Å². The van der Waals surface area contributed by atoms with Gasteiger partial charge in [0.1, 0.15) is 0 Å². The number of carbonyl (C=O) groups is 1. The maximum atomic E-state index is 12.7. The van der Waals surface area contributed by atoms with Gasteiger partial charge in [0.05, 0.1) is 28.3 Å². The highest BCUT2D eigenvalue weighted by atomic mass is 32.1. The molecule has 0 aliphatic heterocycles. The third-order valence-corrected chi connectivity index (χ3v) is 4.39. The molecule has 4 nitrogen and oxygen atoms in total. The van der Waals surface area contributed by atoms with E-state index in [-0.39, 0.29) is 12.5 Å². The summed E-state index contributed by atoms with van der Waals surface area (Å²) < 4.78 is 0. The number of benzene rings is 1. The summed E-state index contributed by atoms with van der Waals surface area (Å²) in [6, 6.07) is 13.4. The standard InChI is InChI=1S/C17H16N2O2S/c1-19(8-9-20)17(21)13-11-15(16-7-4-10-22-16)18-14-6-3-2-5-12(13)14/h2-7,10-11,20H,8-9H2,1H3. The molecule has 3 rings (SSSR count). The molecule has 5 heteroatoms. The largest absolute Gasteiger partial charge is 0.395 e. The molecule has 2 heterocycles. The number of aliphatic hydroxyl groups excluding tert-OH is 1. The van der Waals surface area contributed by atoms with Crippen molar-refractivity contribution in [2.45, 2.75) is 0 Å². The highest BCUT2D eigenvalue weighted by Gasteiger charge is 2.17. The van der Waals surface area contributed by atoms with Crippen LogP contribution in [0.4, 0.5) is 0 Å². The summed E-state index contributed by atoms with van der Waals surface area (Å²) >= 11 is 1.60. The number of aromatic nitrogens is 1. The van der Waals surface area contributed by atoms with Gasteiger partial charge in [0.15, 0.2) is 0 Å². The summed E-state index contributed by atoms with van der Waals surface area (Å²) in [6.45, 7) is 0.257. The van der Waals surface area contributed by atoms with Crippen LogP contribution in [0.2, 0.25) is 0 Å². The molecular weight excluding hydrogens is 296 g/mol. The maximum absolute atomic E-state index is 12.7. The first-order valence-corrected chi connectivity index (χ1v) is 7.88. The second-order valence-electron chi connectivity index (χ2n) is 5.00. The molecule has 0 aliphatic carbocycles. The third-order valence-electron chi connectivity index (χ3n) is 3.50. The number of nitrogens with zero attached hydrogens (tertiary/aromatic N) is 2. The Bertz CT molecular complexity index is 800. The molecule has 0 unspecified atom stereocenters. The summed E-state index contributed by atoms with van der Waals surface area (Å²) in [5, 5.41) is 11.9. The Labute approximate surface area is 132 Å². The van der Waals surface area contributed by atoms with Gasteiger partial charge >= 0.3 is 0 Å². The maximum Gasteiger partial charge on any atom is 0.254 e. The number of rotatable bonds is 4. The fraction of sp³-hybridized carbons (Fsp3) is 0.176. The van der Waals surface area contributed by atoms with E-state index >= 15 is 0 Å². The average Bonchev–Trinajstić information content (AvgIpc) is 3.08. The van der Waals surface area contributed by atoms with Crippen LogP contribution in [-0.2, 0) is 0 Å². The highest BCUT2D eigenvalue weighted by Crippen LogP contribution is 2.28. The number of aliphatic hydroxyl groups is 1. The summed E-state index contributed by atoms with van der Waals surface area (Å²) in [6.07, 6.45) is 0. The molecule has 0 spiro atoms. The zero-order chi connectivity index (χ0) is 15.5. The van der Waals surface area contributed by atoms with Gasteiger partial charge in [0.2, 0.25) is 0 Å². The quantitative estimate of drug-likeness (QED) is 0.805. The van der Waals surface area contributed by atoms with Crippen molar-refractivity contribution in [1.29, 1.82) is 0 Å². The lowest BCUT2D eigenvalue weighted by Crippen LogP contribution is -2.29. The second kappa shape index (κ2) is 6.25. The summed E-state index contributed by atoms with van der Waals surface area (Å²) in [4.78, 5) is 19.9. The molecule has 1 aromatic carbocycles. The molecule has 22 heavy (non-hydrogen) atoms. The molecular formula is C17H16N2O2S. The van der Waals surface area contributed by atoms with Crippen molar-refractivity contribution < 1.29 is 9.90 Å². The Morgan fingerprint density at radius 3 is 2.82 bits per heavy atom. The lowest BCUT2D eigenvalue weighted by molar-refractivity contribution is 0.0769. The molecule has 0 aliphatic rings. The van der Waals surface area contributed by atoms with Crippen LogP contribution >= 0.6 is 11.3 Å². The van der Waals surface area contributed by atoms with E-state index in [0.29, 0.717) is 12.1 Å². The summed E-state index contributed by atoms with van der Waals surface area (Å²) in [5.41, 5.74) is 2.22. The Kier molecular flexibility index (Phi) is 4.18. The summed E-state index contributed by atoms with van der Waals surface area (Å²) in [7, 11) is 1.69. The number of para-hydroxylation sites is 1. The van der Waals surface area contributed by atoms with Gasteiger partial charge in [-0.1, -0.05) is 24.3 Å². The number of hydrogen-bond donors (Lipinski definition) is 1. The van der Waals surface area contributed by atoms with Crippen LogP contribution in [0.15, 0.2) is 47.8 Å². The van der Waals surface area contributed by atoms with Gasteiger partial charge in [-0.3, -0.25) is 4.79 Å². The van der Waals surface area contributed by atoms with Crippen LogP contribution in [0, 0.1) is 0 Å². The Morgan fingerprint density at radius 2 is 2.09 bits per heavy atom. The van der Waals surface area contributed by atoms with E-state index in [1.54, 1.807) is 18.4 Å². The summed E-state index contributed by atoms with van der Waals surface area (Å²) in [5.74, 6) is -0.106.